The summed E-state index contributed by atoms with van der Waals surface area (Å²) >= 11 is 0. The average Bonchev–Trinajstić information content (AvgIpc) is 2.63. The van der Waals surface area contributed by atoms with Gasteiger partial charge in [-0.3, -0.25) is 0 Å². The molecule has 0 amide bonds. The molecule has 0 aromatic heterocycles. The normalized spacial score (nSPS) is 35.5. The lowest BCUT2D eigenvalue weighted by Gasteiger charge is -2.26. The Bertz CT molecular complexity index is 131. The number of nitrogens with zero attached hydrogens (tertiary/aromatic N) is 1. The maximum Gasteiger partial charge on any atom is 0.00892 e. The van der Waals surface area contributed by atoms with Gasteiger partial charge in [0.25, 0.3) is 0 Å². The van der Waals surface area contributed by atoms with Crippen LogP contribution in [0.15, 0.2) is 0 Å². The van der Waals surface area contributed by atoms with Crippen LogP contribution < -0.4 is 0 Å². The minimum absolute atomic E-state index is 0.741. The van der Waals surface area contributed by atoms with Crippen LogP contribution in [-0.2, 0) is 0 Å². The average molecular weight is 155 g/mol. The molecule has 66 valence electrons. The molecular formula is C10H21N. The highest BCUT2D eigenvalue weighted by Crippen LogP contribution is 2.45. The number of rotatable bonds is 3. The third-order valence-corrected chi connectivity index (χ3v) is 3.42. The van der Waals surface area contributed by atoms with Crippen molar-refractivity contribution in [3.63, 3.8) is 0 Å². The lowest BCUT2D eigenvalue weighted by molar-refractivity contribution is 0.216. The van der Waals surface area contributed by atoms with Crippen LogP contribution in [0.3, 0.4) is 0 Å². The molecule has 0 bridgehead atoms. The molecule has 0 spiro atoms. The third kappa shape index (κ3) is 1.96. The van der Waals surface area contributed by atoms with Crippen molar-refractivity contribution < 1.29 is 0 Å². The van der Waals surface area contributed by atoms with Crippen LogP contribution in [0.25, 0.3) is 0 Å². The first-order valence-electron chi connectivity index (χ1n) is 4.70. The first-order chi connectivity index (χ1) is 5.04. The second-order valence-electron chi connectivity index (χ2n) is 4.44. The Morgan fingerprint density at radius 2 is 1.73 bits per heavy atom. The predicted octanol–water partition coefficient (Wildman–Crippen LogP) is 2.23. The van der Waals surface area contributed by atoms with Gasteiger partial charge in [0.1, 0.15) is 0 Å². The zero-order valence-corrected chi connectivity index (χ0v) is 8.46. The van der Waals surface area contributed by atoms with Gasteiger partial charge in [-0.15, -0.1) is 0 Å². The van der Waals surface area contributed by atoms with Gasteiger partial charge in [0.05, 0.1) is 0 Å². The highest BCUT2D eigenvalue weighted by molar-refractivity contribution is 4.90. The molecule has 1 rings (SSSR count). The highest BCUT2D eigenvalue weighted by atomic mass is 15.1. The molecule has 1 heteroatoms. The number of hydrogen-bond acceptors (Lipinski definition) is 1. The van der Waals surface area contributed by atoms with E-state index in [1.165, 1.54) is 6.42 Å². The van der Waals surface area contributed by atoms with E-state index in [2.05, 4.69) is 39.8 Å². The molecule has 0 saturated heterocycles. The second kappa shape index (κ2) is 3.14. The summed E-state index contributed by atoms with van der Waals surface area (Å²) in [5, 5.41) is 0. The maximum atomic E-state index is 2.39. The first-order valence-corrected chi connectivity index (χ1v) is 4.70. The van der Waals surface area contributed by atoms with Crippen molar-refractivity contribution >= 4 is 0 Å². The molecule has 0 aromatic rings. The smallest absolute Gasteiger partial charge is 0.00892 e. The molecule has 1 aliphatic rings. The summed E-state index contributed by atoms with van der Waals surface area (Å²) in [6.07, 6.45) is 1.46. The summed E-state index contributed by atoms with van der Waals surface area (Å²) in [5.74, 6) is 2.87. The van der Waals surface area contributed by atoms with Gasteiger partial charge in [0.2, 0.25) is 0 Å². The van der Waals surface area contributed by atoms with Crippen molar-refractivity contribution in [1.29, 1.82) is 0 Å². The van der Waals surface area contributed by atoms with Gasteiger partial charge in [-0.25, -0.2) is 0 Å². The van der Waals surface area contributed by atoms with Gasteiger partial charge in [-0.05, 0) is 45.2 Å². The fourth-order valence-electron chi connectivity index (χ4n) is 1.91. The van der Waals surface area contributed by atoms with Crippen LogP contribution in [0.1, 0.15) is 27.2 Å². The molecule has 0 aliphatic heterocycles. The number of hydrogen-bond donors (Lipinski definition) is 0. The molecule has 4 atom stereocenters. The Labute approximate surface area is 70.8 Å². The fraction of sp³-hybridized carbons (Fsp3) is 1.00. The molecule has 0 N–H and O–H groups in total. The molecule has 3 unspecified atom stereocenters. The van der Waals surface area contributed by atoms with E-state index in [4.69, 9.17) is 0 Å². The Morgan fingerprint density at radius 1 is 1.27 bits per heavy atom. The van der Waals surface area contributed by atoms with Crippen LogP contribution >= 0.6 is 0 Å². The molecule has 1 aliphatic carbocycles. The Kier molecular flexibility index (Phi) is 2.58. The zero-order valence-electron chi connectivity index (χ0n) is 8.46. The summed E-state index contributed by atoms with van der Waals surface area (Å²) in [7, 11) is 4.35. The Morgan fingerprint density at radius 3 is 2.00 bits per heavy atom. The largest absolute Gasteiger partial charge is 0.306 e. The van der Waals surface area contributed by atoms with Crippen LogP contribution in [0.2, 0.25) is 0 Å². The molecule has 1 saturated carbocycles. The van der Waals surface area contributed by atoms with Crippen LogP contribution in [-0.4, -0.2) is 25.0 Å². The van der Waals surface area contributed by atoms with Gasteiger partial charge < -0.3 is 4.90 Å². The van der Waals surface area contributed by atoms with E-state index in [1.807, 2.05) is 0 Å². The van der Waals surface area contributed by atoms with Gasteiger partial charge in [0, 0.05) is 6.04 Å². The van der Waals surface area contributed by atoms with E-state index in [0.29, 0.717) is 0 Å². The quantitative estimate of drug-likeness (QED) is 0.604. The van der Waals surface area contributed by atoms with Crippen molar-refractivity contribution in [3.05, 3.63) is 0 Å². The molecule has 0 heterocycles. The Hall–Kier alpha value is -0.0400. The standard InChI is InChI=1S/C10H21N/c1-7-6-10(7)8(2)9(3)11(4)5/h7-10H,6H2,1-5H3/t7?,8?,9?,10-/m0/s1. The van der Waals surface area contributed by atoms with Crippen molar-refractivity contribution in [2.24, 2.45) is 17.8 Å². The topological polar surface area (TPSA) is 3.24 Å². The van der Waals surface area contributed by atoms with Gasteiger partial charge in [-0.1, -0.05) is 13.8 Å². The second-order valence-corrected chi connectivity index (χ2v) is 4.44. The third-order valence-electron chi connectivity index (χ3n) is 3.42. The summed E-state index contributed by atoms with van der Waals surface area (Å²) in [5.41, 5.74) is 0. The molecule has 0 aromatic carbocycles. The van der Waals surface area contributed by atoms with E-state index < -0.39 is 0 Å². The lowest BCUT2D eigenvalue weighted by atomic mass is 9.96. The summed E-state index contributed by atoms with van der Waals surface area (Å²) in [6, 6.07) is 0.741. The minimum Gasteiger partial charge on any atom is -0.306 e. The Balaban J connectivity index is 2.35. The molecular weight excluding hydrogens is 134 g/mol. The summed E-state index contributed by atoms with van der Waals surface area (Å²) < 4.78 is 0. The van der Waals surface area contributed by atoms with Gasteiger partial charge in [0.15, 0.2) is 0 Å². The van der Waals surface area contributed by atoms with E-state index in [-0.39, 0.29) is 0 Å². The SMILES string of the molecule is CC1C[C@@H]1C(C)C(C)N(C)C. The summed E-state index contributed by atoms with van der Waals surface area (Å²) in [4.78, 5) is 2.33. The molecule has 1 nitrogen and oxygen atoms in total. The molecule has 11 heavy (non-hydrogen) atoms. The van der Waals surface area contributed by atoms with Crippen molar-refractivity contribution in [2.45, 2.75) is 33.2 Å². The minimum atomic E-state index is 0.741. The van der Waals surface area contributed by atoms with Crippen molar-refractivity contribution in [3.8, 4) is 0 Å². The van der Waals surface area contributed by atoms with E-state index in [1.54, 1.807) is 0 Å². The monoisotopic (exact) mass is 155 g/mol. The van der Waals surface area contributed by atoms with Gasteiger partial charge >= 0.3 is 0 Å². The zero-order chi connectivity index (χ0) is 8.59. The van der Waals surface area contributed by atoms with E-state index in [0.717, 1.165) is 23.8 Å². The fourth-order valence-corrected chi connectivity index (χ4v) is 1.91. The van der Waals surface area contributed by atoms with Crippen molar-refractivity contribution in [2.75, 3.05) is 14.1 Å². The van der Waals surface area contributed by atoms with E-state index in [9.17, 15) is 0 Å². The first kappa shape index (κ1) is 9.05. The van der Waals surface area contributed by atoms with Crippen LogP contribution in [0.5, 0.6) is 0 Å². The van der Waals surface area contributed by atoms with Crippen molar-refractivity contribution in [1.82, 2.24) is 4.90 Å². The molecule has 1 fully saturated rings. The highest BCUT2D eigenvalue weighted by Gasteiger charge is 2.39. The summed E-state index contributed by atoms with van der Waals surface area (Å²) in [6.45, 7) is 7.08. The van der Waals surface area contributed by atoms with E-state index >= 15 is 0 Å². The predicted molar refractivity (Wildman–Crippen MR) is 49.6 cm³/mol. The lowest BCUT2D eigenvalue weighted by Crippen LogP contribution is -2.32. The molecule has 0 radical (unpaired) electrons. The van der Waals surface area contributed by atoms with Crippen LogP contribution in [0, 0.1) is 17.8 Å². The van der Waals surface area contributed by atoms with Gasteiger partial charge in [-0.2, -0.15) is 0 Å². The van der Waals surface area contributed by atoms with Crippen LogP contribution in [0.4, 0.5) is 0 Å². The maximum absolute atomic E-state index is 2.39.